The van der Waals surface area contributed by atoms with Gasteiger partial charge < -0.3 is 25.6 Å². The smallest absolute Gasteiger partial charge is 0.256 e. The van der Waals surface area contributed by atoms with E-state index in [0.29, 0.717) is 35.6 Å². The molecule has 3 heterocycles. The molecule has 5 rings (SSSR count). The standard InChI is InChI=1S/C30H33N7O2.H2/c1-3-31-29(38)25-20-32-30(33-23-12-7-11-22(19-23)21-9-5-4-6-10-21)36-28(25)35-26-13-8-14-27(34-26)39-24-15-17-37(2)18-16-24;/h4-14,19-20,24H,3,15-18H2,1-2H3,(H,31,38)(H2,32,33,34,35,36);1H. The fourth-order valence-electron chi connectivity index (χ4n) is 4.44. The summed E-state index contributed by atoms with van der Waals surface area (Å²) in [7, 11) is 2.12. The number of carbonyl (C=O) groups is 1. The van der Waals surface area contributed by atoms with Crippen molar-refractivity contribution in [2.75, 3.05) is 37.3 Å². The number of rotatable bonds is 9. The van der Waals surface area contributed by atoms with Gasteiger partial charge in [-0.1, -0.05) is 48.5 Å². The summed E-state index contributed by atoms with van der Waals surface area (Å²) in [6, 6.07) is 23.7. The van der Waals surface area contributed by atoms with Crippen molar-refractivity contribution in [3.63, 3.8) is 0 Å². The Morgan fingerprint density at radius 3 is 2.54 bits per heavy atom. The van der Waals surface area contributed by atoms with E-state index in [4.69, 9.17) is 4.74 Å². The lowest BCUT2D eigenvalue weighted by Gasteiger charge is -2.29. The first-order valence-corrected chi connectivity index (χ1v) is 13.2. The highest BCUT2D eigenvalue weighted by atomic mass is 16.5. The van der Waals surface area contributed by atoms with Crippen molar-refractivity contribution in [3.8, 4) is 17.0 Å². The Labute approximate surface area is 230 Å². The quantitative estimate of drug-likeness (QED) is 0.263. The Morgan fingerprint density at radius 1 is 0.974 bits per heavy atom. The molecular formula is C30H35N7O2. The van der Waals surface area contributed by atoms with E-state index in [0.717, 1.165) is 42.7 Å². The van der Waals surface area contributed by atoms with Crippen LogP contribution in [-0.2, 0) is 0 Å². The average Bonchev–Trinajstić information content (AvgIpc) is 2.95. The minimum absolute atomic E-state index is 0. The molecule has 9 nitrogen and oxygen atoms in total. The third-order valence-corrected chi connectivity index (χ3v) is 6.52. The van der Waals surface area contributed by atoms with Crippen molar-refractivity contribution in [2.45, 2.75) is 25.9 Å². The number of nitrogens with zero attached hydrogens (tertiary/aromatic N) is 4. The van der Waals surface area contributed by atoms with Gasteiger partial charge in [-0.3, -0.25) is 4.79 Å². The molecule has 0 aliphatic carbocycles. The molecule has 0 spiro atoms. The predicted molar refractivity (Wildman–Crippen MR) is 156 cm³/mol. The first-order chi connectivity index (χ1) is 19.1. The minimum Gasteiger partial charge on any atom is -0.474 e. The Morgan fingerprint density at radius 2 is 1.74 bits per heavy atom. The molecule has 1 aliphatic rings. The topological polar surface area (TPSA) is 104 Å². The number of piperidine rings is 1. The van der Waals surface area contributed by atoms with Gasteiger partial charge in [0.1, 0.15) is 23.3 Å². The summed E-state index contributed by atoms with van der Waals surface area (Å²) in [5.41, 5.74) is 3.34. The second kappa shape index (κ2) is 12.4. The first kappa shape index (κ1) is 26.1. The SMILES string of the molecule is CCNC(=O)c1cnc(Nc2cccc(-c3ccccc3)c2)nc1Nc1cccc(OC2CCN(C)CC2)n1.[HH]. The number of carbonyl (C=O) groups excluding carboxylic acids is 1. The van der Waals surface area contributed by atoms with E-state index in [1.165, 1.54) is 6.20 Å². The van der Waals surface area contributed by atoms with Gasteiger partial charge in [-0.25, -0.2) is 4.98 Å². The highest BCUT2D eigenvalue weighted by Gasteiger charge is 2.19. The molecule has 1 fully saturated rings. The van der Waals surface area contributed by atoms with E-state index < -0.39 is 0 Å². The molecule has 2 aromatic carbocycles. The fourth-order valence-corrected chi connectivity index (χ4v) is 4.44. The molecule has 1 amide bonds. The number of nitrogens with one attached hydrogen (secondary N) is 3. The molecule has 202 valence electrons. The monoisotopic (exact) mass is 525 g/mol. The number of aromatic nitrogens is 3. The van der Waals surface area contributed by atoms with E-state index in [1.807, 2.05) is 61.5 Å². The lowest BCUT2D eigenvalue weighted by Crippen LogP contribution is -2.35. The highest BCUT2D eigenvalue weighted by Crippen LogP contribution is 2.26. The maximum Gasteiger partial charge on any atom is 0.256 e. The van der Waals surface area contributed by atoms with E-state index >= 15 is 0 Å². The molecule has 2 aromatic heterocycles. The molecule has 0 saturated carbocycles. The van der Waals surface area contributed by atoms with Crippen LogP contribution in [0.2, 0.25) is 0 Å². The summed E-state index contributed by atoms with van der Waals surface area (Å²) in [4.78, 5) is 28.8. The normalized spacial score (nSPS) is 14.0. The summed E-state index contributed by atoms with van der Waals surface area (Å²) < 4.78 is 6.15. The summed E-state index contributed by atoms with van der Waals surface area (Å²) in [5.74, 6) is 1.51. The van der Waals surface area contributed by atoms with Crippen molar-refractivity contribution in [1.29, 1.82) is 0 Å². The van der Waals surface area contributed by atoms with Crippen LogP contribution in [-0.4, -0.2) is 58.5 Å². The minimum atomic E-state index is -0.267. The molecule has 0 bridgehead atoms. The Balaban J connectivity index is 0.00000370. The van der Waals surface area contributed by atoms with Crippen LogP contribution < -0.4 is 20.7 Å². The maximum atomic E-state index is 12.8. The van der Waals surface area contributed by atoms with Crippen molar-refractivity contribution < 1.29 is 11.0 Å². The van der Waals surface area contributed by atoms with E-state index in [1.54, 1.807) is 0 Å². The van der Waals surface area contributed by atoms with E-state index in [2.05, 4.69) is 61.0 Å². The van der Waals surface area contributed by atoms with Gasteiger partial charge in [-0.2, -0.15) is 9.97 Å². The lowest BCUT2D eigenvalue weighted by atomic mass is 10.1. The zero-order valence-corrected chi connectivity index (χ0v) is 22.2. The average molecular weight is 526 g/mol. The van der Waals surface area contributed by atoms with Gasteiger partial charge in [0.25, 0.3) is 5.91 Å². The van der Waals surface area contributed by atoms with Gasteiger partial charge in [0, 0.05) is 39.0 Å². The second-order valence-electron chi connectivity index (χ2n) is 9.49. The van der Waals surface area contributed by atoms with Gasteiger partial charge in [-0.05, 0) is 56.1 Å². The van der Waals surface area contributed by atoms with Crippen molar-refractivity contribution in [2.24, 2.45) is 0 Å². The van der Waals surface area contributed by atoms with Crippen LogP contribution in [0.3, 0.4) is 0 Å². The number of hydrogen-bond donors (Lipinski definition) is 3. The molecule has 4 aromatic rings. The molecule has 0 radical (unpaired) electrons. The molecule has 9 heteroatoms. The van der Waals surface area contributed by atoms with Crippen molar-refractivity contribution in [1.82, 2.24) is 25.2 Å². The van der Waals surface area contributed by atoms with Crippen LogP contribution in [0.15, 0.2) is 79.0 Å². The summed E-state index contributed by atoms with van der Waals surface area (Å²) in [6.07, 6.45) is 3.58. The van der Waals surface area contributed by atoms with Crippen LogP contribution in [0.25, 0.3) is 11.1 Å². The lowest BCUT2D eigenvalue weighted by molar-refractivity contribution is 0.0956. The summed E-state index contributed by atoms with van der Waals surface area (Å²) in [6.45, 7) is 4.36. The Hall–Kier alpha value is -4.50. The van der Waals surface area contributed by atoms with Crippen LogP contribution in [0.4, 0.5) is 23.3 Å². The highest BCUT2D eigenvalue weighted by molar-refractivity contribution is 5.99. The van der Waals surface area contributed by atoms with Gasteiger partial charge in [-0.15, -0.1) is 0 Å². The molecule has 1 saturated heterocycles. The zero-order chi connectivity index (χ0) is 27.0. The third-order valence-electron chi connectivity index (χ3n) is 6.52. The number of benzene rings is 2. The van der Waals surface area contributed by atoms with Crippen LogP contribution in [0, 0.1) is 0 Å². The number of likely N-dealkylation sites (tertiary alicyclic amines) is 1. The maximum absolute atomic E-state index is 12.8. The van der Waals surface area contributed by atoms with Gasteiger partial charge >= 0.3 is 0 Å². The number of hydrogen-bond acceptors (Lipinski definition) is 8. The second-order valence-corrected chi connectivity index (χ2v) is 9.49. The van der Waals surface area contributed by atoms with E-state index in [-0.39, 0.29) is 13.4 Å². The van der Waals surface area contributed by atoms with E-state index in [9.17, 15) is 4.79 Å². The third kappa shape index (κ3) is 6.88. The number of anilines is 4. The number of pyridine rings is 1. The summed E-state index contributed by atoms with van der Waals surface area (Å²) >= 11 is 0. The van der Waals surface area contributed by atoms with Crippen molar-refractivity contribution >= 4 is 29.2 Å². The van der Waals surface area contributed by atoms with Crippen LogP contribution >= 0.6 is 0 Å². The molecular weight excluding hydrogens is 490 g/mol. The van der Waals surface area contributed by atoms with Gasteiger partial charge in [0.2, 0.25) is 11.8 Å². The molecule has 3 N–H and O–H groups in total. The van der Waals surface area contributed by atoms with Gasteiger partial charge in [0.15, 0.2) is 0 Å². The zero-order valence-electron chi connectivity index (χ0n) is 22.2. The van der Waals surface area contributed by atoms with Gasteiger partial charge in [0.05, 0.1) is 0 Å². The largest absolute Gasteiger partial charge is 0.474 e. The fraction of sp³-hybridized carbons (Fsp3) is 0.267. The Bertz CT molecular complexity index is 1410. The summed E-state index contributed by atoms with van der Waals surface area (Å²) in [5, 5.41) is 9.30. The Kier molecular flexibility index (Phi) is 8.28. The predicted octanol–water partition coefficient (Wildman–Crippen LogP) is 5.49. The van der Waals surface area contributed by atoms with Crippen LogP contribution in [0.5, 0.6) is 5.88 Å². The molecule has 1 aliphatic heterocycles. The molecule has 0 atom stereocenters. The molecule has 39 heavy (non-hydrogen) atoms. The van der Waals surface area contributed by atoms with Crippen LogP contribution in [0.1, 0.15) is 31.6 Å². The van der Waals surface area contributed by atoms with Crippen molar-refractivity contribution in [3.05, 3.63) is 84.6 Å². The molecule has 0 unspecified atom stereocenters. The number of amides is 1. The number of ether oxygens (including phenoxy) is 1. The first-order valence-electron chi connectivity index (χ1n) is 13.2.